The summed E-state index contributed by atoms with van der Waals surface area (Å²) >= 11 is 0. The zero-order valence-electron chi connectivity index (χ0n) is 33.2. The number of nitrogens with two attached hydrogens (primary N) is 5. The summed E-state index contributed by atoms with van der Waals surface area (Å²) in [5, 5.41) is 32.4. The van der Waals surface area contributed by atoms with E-state index >= 15 is 0 Å². The molecule has 2 aromatic rings. The topological polar surface area (TPSA) is 345 Å². The number of carbonyl (C=O) groups is 6. The number of phenols is 1. The van der Waals surface area contributed by atoms with Gasteiger partial charge in [-0.1, -0.05) is 56.3 Å². The molecule has 0 aromatic heterocycles. The maximum atomic E-state index is 14.0. The van der Waals surface area contributed by atoms with Crippen LogP contribution in [0.15, 0.2) is 59.6 Å². The Morgan fingerprint density at radius 3 is 1.66 bits per heavy atom. The fourth-order valence-corrected chi connectivity index (χ4v) is 5.84. The first kappa shape index (κ1) is 48.4. The molecule has 0 saturated carbocycles. The van der Waals surface area contributed by atoms with Crippen molar-refractivity contribution in [3.8, 4) is 5.75 Å². The molecule has 0 aliphatic carbocycles. The number of nitrogens with one attached hydrogen (secondary N) is 5. The van der Waals surface area contributed by atoms with E-state index in [0.29, 0.717) is 30.5 Å². The fraction of sp³-hybridized carbons (Fsp3) is 0.513. The van der Waals surface area contributed by atoms with Gasteiger partial charge in [-0.2, -0.15) is 0 Å². The highest BCUT2D eigenvalue weighted by molar-refractivity contribution is 5.96. The number of aliphatic hydroxyl groups excluding tert-OH is 1. The number of rotatable bonds is 26. The summed E-state index contributed by atoms with van der Waals surface area (Å²) in [6.45, 7) is 3.47. The van der Waals surface area contributed by atoms with Gasteiger partial charge in [-0.3, -0.25) is 33.8 Å². The number of aromatic hydroxyl groups is 1. The summed E-state index contributed by atoms with van der Waals surface area (Å²) in [6, 6.07) is 7.63. The van der Waals surface area contributed by atoms with Gasteiger partial charge in [0.15, 0.2) is 5.96 Å². The number of amides is 6. The van der Waals surface area contributed by atoms with E-state index in [1.165, 1.54) is 12.1 Å². The van der Waals surface area contributed by atoms with Gasteiger partial charge in [0.2, 0.25) is 35.4 Å². The second kappa shape index (κ2) is 25.5. The summed E-state index contributed by atoms with van der Waals surface area (Å²) < 4.78 is 0. The van der Waals surface area contributed by atoms with E-state index in [1.807, 2.05) is 13.8 Å². The number of aliphatic hydroxyl groups is 1. The van der Waals surface area contributed by atoms with Crippen molar-refractivity contribution in [1.82, 2.24) is 26.6 Å². The lowest BCUT2D eigenvalue weighted by Crippen LogP contribution is -2.60. The summed E-state index contributed by atoms with van der Waals surface area (Å²) in [5.74, 6) is -4.71. The van der Waals surface area contributed by atoms with Gasteiger partial charge < -0.3 is 65.5 Å². The van der Waals surface area contributed by atoms with Gasteiger partial charge >= 0.3 is 0 Å². The van der Waals surface area contributed by atoms with Crippen molar-refractivity contribution in [3.05, 3.63) is 65.7 Å². The van der Waals surface area contributed by atoms with Crippen LogP contribution in [0.1, 0.15) is 63.5 Å². The summed E-state index contributed by atoms with van der Waals surface area (Å²) in [6.07, 6.45) is 1.57. The lowest BCUT2D eigenvalue weighted by Gasteiger charge is -2.28. The minimum absolute atomic E-state index is 0.00341. The average molecular weight is 812 g/mol. The van der Waals surface area contributed by atoms with Crippen molar-refractivity contribution < 1.29 is 39.0 Å². The number of benzene rings is 2. The third-order valence-electron chi connectivity index (χ3n) is 8.98. The molecule has 0 fully saturated rings. The first-order chi connectivity index (χ1) is 27.5. The van der Waals surface area contributed by atoms with E-state index in [-0.39, 0.29) is 62.7 Å². The molecule has 19 heteroatoms. The molecule has 0 saturated heterocycles. The fourth-order valence-electron chi connectivity index (χ4n) is 5.84. The van der Waals surface area contributed by atoms with Crippen LogP contribution in [-0.2, 0) is 41.6 Å². The number of guanidine groups is 1. The smallest absolute Gasteiger partial charge is 0.243 e. The third-order valence-corrected chi connectivity index (χ3v) is 8.98. The molecule has 19 nitrogen and oxygen atoms in total. The molecule has 2 aromatic carbocycles. The molecule has 0 aliphatic heterocycles. The molecule has 0 bridgehead atoms. The molecule has 0 heterocycles. The Morgan fingerprint density at radius 2 is 1.12 bits per heavy atom. The average Bonchev–Trinajstić information content (AvgIpc) is 3.18. The maximum absolute atomic E-state index is 14.0. The van der Waals surface area contributed by atoms with E-state index in [0.717, 1.165) is 0 Å². The minimum atomic E-state index is -1.29. The molecule has 2 rings (SSSR count). The molecule has 0 radical (unpaired) electrons. The summed E-state index contributed by atoms with van der Waals surface area (Å²) in [7, 11) is 0. The first-order valence-corrected chi connectivity index (χ1v) is 19.3. The van der Waals surface area contributed by atoms with Crippen molar-refractivity contribution in [2.45, 2.75) is 101 Å². The minimum Gasteiger partial charge on any atom is -0.508 e. The van der Waals surface area contributed by atoms with Crippen LogP contribution >= 0.6 is 0 Å². The number of hydrogen-bond donors (Lipinski definition) is 12. The molecule has 320 valence electrons. The van der Waals surface area contributed by atoms with Crippen LogP contribution in [0, 0.1) is 5.92 Å². The van der Waals surface area contributed by atoms with E-state index in [9.17, 15) is 39.0 Å². The normalized spacial score (nSPS) is 14.1. The van der Waals surface area contributed by atoms with Gasteiger partial charge in [-0.25, -0.2) is 0 Å². The number of aliphatic imine (C=N–C) groups is 1. The number of carbonyl (C=O) groups excluding carboxylic acids is 6. The zero-order valence-corrected chi connectivity index (χ0v) is 33.2. The lowest BCUT2D eigenvalue weighted by molar-refractivity contribution is -0.135. The highest BCUT2D eigenvalue weighted by Gasteiger charge is 2.33. The molecule has 6 atom stereocenters. The first-order valence-electron chi connectivity index (χ1n) is 19.3. The number of unbranched alkanes of at least 4 members (excludes halogenated alkanes) is 1. The van der Waals surface area contributed by atoms with E-state index < -0.39 is 78.3 Å². The van der Waals surface area contributed by atoms with Crippen molar-refractivity contribution in [2.24, 2.45) is 39.6 Å². The number of primary amides is 1. The molecule has 6 amide bonds. The molecule has 58 heavy (non-hydrogen) atoms. The number of nitrogens with zero attached hydrogens (tertiary/aromatic N) is 1. The van der Waals surface area contributed by atoms with Crippen molar-refractivity contribution in [3.63, 3.8) is 0 Å². The van der Waals surface area contributed by atoms with Crippen molar-refractivity contribution >= 4 is 41.4 Å². The standard InChI is InChI=1S/C39H61N11O8/c1-23(2)19-31(37(57)47-29(12-8-18-45-39(43)44)35(55)48-30(33(42)53)20-25-13-15-26(52)16-14-25)50-36(56)28(11-6-7-17-40)46-38(58)32(49-34(54)27(41)22-51)21-24-9-4-3-5-10-24/h3-5,9-10,13-16,23,27-32,51-52H,6-8,11-12,17-22,40-41H2,1-2H3,(H2,42,53)(H,46,58)(H,47,57)(H,48,55)(H,49,54)(H,50,56)(H4,43,44,45)/t27-,28-,29-,30-,31-,32-/m0/s1. The monoisotopic (exact) mass is 811 g/mol. The quantitative estimate of drug-likeness (QED) is 0.0270. The molecule has 0 spiro atoms. The highest BCUT2D eigenvalue weighted by Crippen LogP contribution is 2.13. The largest absolute Gasteiger partial charge is 0.508 e. The van der Waals surface area contributed by atoms with Crippen LogP contribution in [0.5, 0.6) is 5.75 Å². The Labute approximate surface area is 338 Å². The molecule has 0 aliphatic rings. The Balaban J connectivity index is 2.35. The molecular formula is C39H61N11O8. The second-order valence-corrected chi connectivity index (χ2v) is 14.4. The van der Waals surface area contributed by atoms with Gasteiger partial charge in [0.25, 0.3) is 0 Å². The molecule has 0 unspecified atom stereocenters. The highest BCUT2D eigenvalue weighted by atomic mass is 16.3. The van der Waals surface area contributed by atoms with Gasteiger partial charge in [-0.15, -0.1) is 0 Å². The second-order valence-electron chi connectivity index (χ2n) is 14.4. The molecular weight excluding hydrogens is 750 g/mol. The van der Waals surface area contributed by atoms with Gasteiger partial charge in [-0.05, 0) is 74.2 Å². The third kappa shape index (κ3) is 18.0. The Bertz CT molecular complexity index is 1660. The molecule has 17 N–H and O–H groups in total. The Morgan fingerprint density at radius 1 is 0.638 bits per heavy atom. The lowest BCUT2D eigenvalue weighted by atomic mass is 10.00. The van der Waals surface area contributed by atoms with Crippen molar-refractivity contribution in [2.75, 3.05) is 19.7 Å². The van der Waals surface area contributed by atoms with Crippen LogP contribution in [-0.4, -0.2) is 108 Å². The van der Waals surface area contributed by atoms with Crippen LogP contribution in [0.4, 0.5) is 0 Å². The van der Waals surface area contributed by atoms with E-state index in [4.69, 9.17) is 28.7 Å². The van der Waals surface area contributed by atoms with E-state index in [1.54, 1.807) is 42.5 Å². The van der Waals surface area contributed by atoms with E-state index in [2.05, 4.69) is 31.6 Å². The SMILES string of the molecule is CC(C)C[C@H](NC(=O)[C@H](CCCCN)NC(=O)[C@H](Cc1ccccc1)NC(=O)[C@@H](N)CO)C(=O)N[C@@H](CCCN=C(N)N)C(=O)N[C@@H](Cc1ccc(O)cc1)C(N)=O. The van der Waals surface area contributed by atoms with Crippen LogP contribution in [0.2, 0.25) is 0 Å². The van der Waals surface area contributed by atoms with Crippen molar-refractivity contribution in [1.29, 1.82) is 0 Å². The van der Waals surface area contributed by atoms with Crippen LogP contribution in [0.25, 0.3) is 0 Å². The predicted octanol–water partition coefficient (Wildman–Crippen LogP) is -2.37. The predicted molar refractivity (Wildman–Crippen MR) is 218 cm³/mol. The number of hydrogen-bond acceptors (Lipinski definition) is 11. The Hall–Kier alpha value is -5.79. The zero-order chi connectivity index (χ0) is 43.2. The van der Waals surface area contributed by atoms with Gasteiger partial charge in [0.05, 0.1) is 6.61 Å². The van der Waals surface area contributed by atoms with Crippen LogP contribution in [0.3, 0.4) is 0 Å². The number of phenolic OH excluding ortho intramolecular Hbond substituents is 1. The summed E-state index contributed by atoms with van der Waals surface area (Å²) in [4.78, 5) is 84.4. The van der Waals surface area contributed by atoms with Crippen LogP contribution < -0.4 is 55.3 Å². The van der Waals surface area contributed by atoms with Gasteiger partial charge in [0, 0.05) is 19.4 Å². The maximum Gasteiger partial charge on any atom is 0.243 e. The van der Waals surface area contributed by atoms with Gasteiger partial charge in [0.1, 0.15) is 42.0 Å². The Kier molecular flexibility index (Phi) is 21.2. The summed E-state index contributed by atoms with van der Waals surface area (Å²) in [5.41, 5.74) is 29.3.